The highest BCUT2D eigenvalue weighted by molar-refractivity contribution is 5.94. The minimum Gasteiger partial charge on any atom is -0.491 e. The Balaban J connectivity index is 1.99. The number of likely N-dealkylation sites (tertiary alicyclic amines) is 1. The lowest BCUT2D eigenvalue weighted by Crippen LogP contribution is -2.37. The van der Waals surface area contributed by atoms with E-state index in [1.54, 1.807) is 0 Å². The quantitative estimate of drug-likeness (QED) is 0.835. The second-order valence-electron chi connectivity index (χ2n) is 5.67. The minimum absolute atomic E-state index is 0.142. The molecule has 1 aliphatic heterocycles. The minimum atomic E-state index is 0.142. The van der Waals surface area contributed by atoms with Crippen molar-refractivity contribution in [3.8, 4) is 5.75 Å². The van der Waals surface area contributed by atoms with Gasteiger partial charge in [-0.3, -0.25) is 4.79 Å². The second-order valence-corrected chi connectivity index (χ2v) is 5.67. The largest absolute Gasteiger partial charge is 0.491 e. The summed E-state index contributed by atoms with van der Waals surface area (Å²) < 4.78 is 5.58. The van der Waals surface area contributed by atoms with Gasteiger partial charge in [0, 0.05) is 18.7 Å². The highest BCUT2D eigenvalue weighted by Gasteiger charge is 2.21. The molecule has 1 amide bonds. The summed E-state index contributed by atoms with van der Waals surface area (Å²) in [4.78, 5) is 14.3. The monoisotopic (exact) mass is 261 g/mol. The van der Waals surface area contributed by atoms with Crippen LogP contribution in [0, 0.1) is 5.92 Å². The van der Waals surface area contributed by atoms with Crippen LogP contribution in [-0.4, -0.2) is 30.0 Å². The van der Waals surface area contributed by atoms with Crippen LogP contribution in [0.2, 0.25) is 0 Å². The molecule has 3 nitrogen and oxygen atoms in total. The molecule has 1 aromatic rings. The van der Waals surface area contributed by atoms with Crippen LogP contribution in [0.5, 0.6) is 5.75 Å². The standard InChI is InChI=1S/C16H23NO2/c1-12(2)19-15-6-4-14(5-7-15)16(18)17-10-8-13(3)9-11-17/h4-7,12-13H,8-11H2,1-3H3. The third kappa shape index (κ3) is 3.72. The summed E-state index contributed by atoms with van der Waals surface area (Å²) >= 11 is 0. The van der Waals surface area contributed by atoms with E-state index in [-0.39, 0.29) is 12.0 Å². The van der Waals surface area contributed by atoms with Crippen molar-refractivity contribution in [2.45, 2.75) is 39.7 Å². The molecule has 0 aromatic heterocycles. The van der Waals surface area contributed by atoms with E-state index in [0.717, 1.165) is 43.2 Å². The van der Waals surface area contributed by atoms with Crippen molar-refractivity contribution >= 4 is 5.91 Å². The molecule has 2 rings (SSSR count). The summed E-state index contributed by atoms with van der Waals surface area (Å²) in [7, 11) is 0. The molecule has 1 heterocycles. The van der Waals surface area contributed by atoms with Gasteiger partial charge in [0.1, 0.15) is 5.75 Å². The lowest BCUT2D eigenvalue weighted by Gasteiger charge is -2.30. The van der Waals surface area contributed by atoms with Crippen molar-refractivity contribution in [3.63, 3.8) is 0 Å². The van der Waals surface area contributed by atoms with Crippen LogP contribution in [0.15, 0.2) is 24.3 Å². The molecular weight excluding hydrogens is 238 g/mol. The Kier molecular flexibility index (Phi) is 4.46. The van der Waals surface area contributed by atoms with Gasteiger partial charge in [-0.2, -0.15) is 0 Å². The molecule has 0 radical (unpaired) electrons. The number of hydrogen-bond acceptors (Lipinski definition) is 2. The predicted molar refractivity (Wildman–Crippen MR) is 76.5 cm³/mol. The fraction of sp³-hybridized carbons (Fsp3) is 0.562. The van der Waals surface area contributed by atoms with Crippen molar-refractivity contribution in [2.24, 2.45) is 5.92 Å². The second kappa shape index (κ2) is 6.09. The Hall–Kier alpha value is -1.51. The zero-order valence-corrected chi connectivity index (χ0v) is 12.1. The van der Waals surface area contributed by atoms with Crippen LogP contribution < -0.4 is 4.74 Å². The van der Waals surface area contributed by atoms with Crippen LogP contribution >= 0.6 is 0 Å². The topological polar surface area (TPSA) is 29.5 Å². The number of hydrogen-bond donors (Lipinski definition) is 0. The summed E-state index contributed by atoms with van der Waals surface area (Å²) in [6.45, 7) is 8.00. The van der Waals surface area contributed by atoms with Crippen LogP contribution in [0.1, 0.15) is 44.0 Å². The molecule has 19 heavy (non-hydrogen) atoms. The molecule has 0 N–H and O–H groups in total. The van der Waals surface area contributed by atoms with Crippen molar-refractivity contribution < 1.29 is 9.53 Å². The van der Waals surface area contributed by atoms with Gasteiger partial charge in [0.25, 0.3) is 5.91 Å². The number of ether oxygens (including phenoxy) is 1. The Bertz CT molecular complexity index is 417. The number of carbonyl (C=O) groups is 1. The van der Waals surface area contributed by atoms with Gasteiger partial charge in [0.2, 0.25) is 0 Å². The number of carbonyl (C=O) groups excluding carboxylic acids is 1. The number of amides is 1. The Morgan fingerprint density at radius 2 is 1.79 bits per heavy atom. The fourth-order valence-electron chi connectivity index (χ4n) is 2.34. The zero-order valence-electron chi connectivity index (χ0n) is 12.1. The Morgan fingerprint density at radius 3 is 2.32 bits per heavy atom. The number of benzene rings is 1. The fourth-order valence-corrected chi connectivity index (χ4v) is 2.34. The summed E-state index contributed by atoms with van der Waals surface area (Å²) in [5.74, 6) is 1.70. The van der Waals surface area contributed by atoms with Crippen LogP contribution in [0.4, 0.5) is 0 Å². The van der Waals surface area contributed by atoms with Crippen LogP contribution in [-0.2, 0) is 0 Å². The molecule has 1 aliphatic rings. The molecule has 1 fully saturated rings. The van der Waals surface area contributed by atoms with Crippen LogP contribution in [0.25, 0.3) is 0 Å². The van der Waals surface area contributed by atoms with E-state index < -0.39 is 0 Å². The molecule has 104 valence electrons. The van der Waals surface area contributed by atoms with Gasteiger partial charge in [-0.25, -0.2) is 0 Å². The van der Waals surface area contributed by atoms with Gasteiger partial charge >= 0.3 is 0 Å². The van der Waals surface area contributed by atoms with Crippen molar-refractivity contribution in [3.05, 3.63) is 29.8 Å². The number of rotatable bonds is 3. The maximum Gasteiger partial charge on any atom is 0.253 e. The normalized spacial score (nSPS) is 16.7. The number of piperidine rings is 1. The summed E-state index contributed by atoms with van der Waals surface area (Å²) in [5.41, 5.74) is 0.755. The SMILES string of the molecule is CC1CCN(C(=O)c2ccc(OC(C)C)cc2)CC1. The summed E-state index contributed by atoms with van der Waals surface area (Å²) in [5, 5.41) is 0. The van der Waals surface area contributed by atoms with Crippen molar-refractivity contribution in [2.75, 3.05) is 13.1 Å². The average Bonchev–Trinajstić information content (AvgIpc) is 2.39. The van der Waals surface area contributed by atoms with E-state index in [4.69, 9.17) is 4.74 Å². The van der Waals surface area contributed by atoms with E-state index in [0.29, 0.717) is 0 Å². The highest BCUT2D eigenvalue weighted by Crippen LogP contribution is 2.20. The number of nitrogens with zero attached hydrogens (tertiary/aromatic N) is 1. The molecule has 1 saturated heterocycles. The lowest BCUT2D eigenvalue weighted by atomic mass is 9.98. The lowest BCUT2D eigenvalue weighted by molar-refractivity contribution is 0.0697. The van der Waals surface area contributed by atoms with E-state index in [2.05, 4.69) is 6.92 Å². The first kappa shape index (κ1) is 13.9. The summed E-state index contributed by atoms with van der Waals surface area (Å²) in [6, 6.07) is 7.47. The molecular formula is C16H23NO2. The smallest absolute Gasteiger partial charge is 0.253 e. The van der Waals surface area contributed by atoms with Crippen molar-refractivity contribution in [1.82, 2.24) is 4.90 Å². The van der Waals surface area contributed by atoms with E-state index in [1.807, 2.05) is 43.0 Å². The molecule has 0 atom stereocenters. The van der Waals surface area contributed by atoms with Gasteiger partial charge in [-0.05, 0) is 56.9 Å². The van der Waals surface area contributed by atoms with Gasteiger partial charge in [-0.15, -0.1) is 0 Å². The third-order valence-electron chi connectivity index (χ3n) is 3.54. The molecule has 1 aromatic carbocycles. The first-order chi connectivity index (χ1) is 9.06. The molecule has 3 heteroatoms. The van der Waals surface area contributed by atoms with Gasteiger partial charge in [0.05, 0.1) is 6.10 Å². The molecule has 0 unspecified atom stereocenters. The molecule has 0 saturated carbocycles. The van der Waals surface area contributed by atoms with Crippen molar-refractivity contribution in [1.29, 1.82) is 0 Å². The van der Waals surface area contributed by atoms with Gasteiger partial charge in [-0.1, -0.05) is 6.92 Å². The first-order valence-corrected chi connectivity index (χ1v) is 7.12. The predicted octanol–water partition coefficient (Wildman–Crippen LogP) is 3.35. The van der Waals surface area contributed by atoms with E-state index >= 15 is 0 Å². The third-order valence-corrected chi connectivity index (χ3v) is 3.54. The Morgan fingerprint density at radius 1 is 1.21 bits per heavy atom. The van der Waals surface area contributed by atoms with Gasteiger partial charge < -0.3 is 9.64 Å². The summed E-state index contributed by atoms with van der Waals surface area (Å²) in [6.07, 6.45) is 2.38. The average molecular weight is 261 g/mol. The molecule has 0 aliphatic carbocycles. The zero-order chi connectivity index (χ0) is 13.8. The Labute approximate surface area is 115 Å². The van der Waals surface area contributed by atoms with E-state index in [9.17, 15) is 4.79 Å². The van der Waals surface area contributed by atoms with Gasteiger partial charge in [0.15, 0.2) is 0 Å². The highest BCUT2D eigenvalue weighted by atomic mass is 16.5. The molecule has 0 spiro atoms. The van der Waals surface area contributed by atoms with Crippen LogP contribution in [0.3, 0.4) is 0 Å². The maximum atomic E-state index is 12.3. The molecule has 0 bridgehead atoms. The van der Waals surface area contributed by atoms with E-state index in [1.165, 1.54) is 0 Å². The first-order valence-electron chi connectivity index (χ1n) is 7.12. The maximum absolute atomic E-state index is 12.3.